The molecule has 1 aromatic carbocycles. The van der Waals surface area contributed by atoms with Crippen LogP contribution in [0.1, 0.15) is 44.4 Å². The summed E-state index contributed by atoms with van der Waals surface area (Å²) in [5, 5.41) is 12.0. The van der Waals surface area contributed by atoms with Gasteiger partial charge in [0.15, 0.2) is 11.5 Å². The Morgan fingerprint density at radius 3 is 3.05 bits per heavy atom. The number of carboxylic acid groups (broad SMARTS) is 1. The van der Waals surface area contributed by atoms with Gasteiger partial charge in [0.1, 0.15) is 5.52 Å². The molecule has 2 N–H and O–H groups in total. The fourth-order valence-electron chi connectivity index (χ4n) is 2.24. The van der Waals surface area contributed by atoms with Gasteiger partial charge >= 0.3 is 5.97 Å². The Bertz CT molecular complexity index is 631. The lowest BCUT2D eigenvalue weighted by molar-refractivity contribution is -0.137. The molecule has 0 bridgehead atoms. The Hall–Kier alpha value is -2.04. The Kier molecular flexibility index (Phi) is 3.34. The topological polar surface area (TPSA) is 75.4 Å². The fraction of sp³-hybridized carbons (Fsp3) is 0.467. The Morgan fingerprint density at radius 2 is 2.35 bits per heavy atom. The van der Waals surface area contributed by atoms with Gasteiger partial charge in [-0.2, -0.15) is 0 Å². The molecule has 5 nitrogen and oxygen atoms in total. The second-order valence-corrected chi connectivity index (χ2v) is 5.49. The third kappa shape index (κ3) is 2.92. The molecule has 1 saturated carbocycles. The largest absolute Gasteiger partial charge is 0.481 e. The predicted molar refractivity (Wildman–Crippen MR) is 75.9 cm³/mol. The molecule has 0 radical (unpaired) electrons. The first-order chi connectivity index (χ1) is 9.61. The van der Waals surface area contributed by atoms with E-state index in [1.54, 1.807) is 0 Å². The number of carbonyl (C=O) groups is 1. The second kappa shape index (κ2) is 5.15. The average molecular weight is 274 g/mol. The highest BCUT2D eigenvalue weighted by Crippen LogP contribution is 2.40. The molecule has 1 unspecified atom stereocenters. The zero-order valence-corrected chi connectivity index (χ0v) is 11.4. The molecule has 0 aliphatic heterocycles. The molecule has 1 aromatic heterocycles. The number of aliphatic carboxylic acids is 1. The van der Waals surface area contributed by atoms with Crippen LogP contribution in [-0.2, 0) is 4.79 Å². The van der Waals surface area contributed by atoms with Crippen LogP contribution in [0, 0.1) is 0 Å². The summed E-state index contributed by atoms with van der Waals surface area (Å²) in [6.45, 7) is 1.98. The first-order valence-corrected chi connectivity index (χ1v) is 7.00. The van der Waals surface area contributed by atoms with Gasteiger partial charge in [-0.15, -0.1) is 0 Å². The van der Waals surface area contributed by atoms with Crippen LogP contribution in [-0.4, -0.2) is 22.1 Å². The van der Waals surface area contributed by atoms with Crippen LogP contribution in [0.15, 0.2) is 22.6 Å². The molecule has 3 rings (SSSR count). The van der Waals surface area contributed by atoms with E-state index in [1.807, 2.05) is 25.1 Å². The van der Waals surface area contributed by atoms with Crippen LogP contribution in [0.5, 0.6) is 0 Å². The summed E-state index contributed by atoms with van der Waals surface area (Å²) in [5.74, 6) is 0.587. The number of oxazole rings is 1. The number of anilines is 1. The number of nitrogens with one attached hydrogen (secondary N) is 1. The molecule has 2 aromatic rings. The molecule has 5 heteroatoms. The van der Waals surface area contributed by atoms with Crippen LogP contribution in [0.3, 0.4) is 0 Å². The maximum absolute atomic E-state index is 10.6. The van der Waals surface area contributed by atoms with Crippen LogP contribution in [0.4, 0.5) is 5.69 Å². The van der Waals surface area contributed by atoms with Gasteiger partial charge in [0.25, 0.3) is 0 Å². The van der Waals surface area contributed by atoms with E-state index in [-0.39, 0.29) is 12.5 Å². The minimum atomic E-state index is -0.764. The lowest BCUT2D eigenvalue weighted by Gasteiger charge is -2.13. The van der Waals surface area contributed by atoms with Crippen molar-refractivity contribution in [3.8, 4) is 0 Å². The van der Waals surface area contributed by atoms with Crippen LogP contribution >= 0.6 is 0 Å². The Morgan fingerprint density at radius 1 is 1.55 bits per heavy atom. The Labute approximate surface area is 117 Å². The normalized spacial score (nSPS) is 16.2. The molecule has 1 aliphatic carbocycles. The summed E-state index contributed by atoms with van der Waals surface area (Å²) in [6, 6.07) is 5.93. The van der Waals surface area contributed by atoms with E-state index < -0.39 is 5.97 Å². The third-order valence-corrected chi connectivity index (χ3v) is 3.53. The van der Waals surface area contributed by atoms with Gasteiger partial charge in [-0.05, 0) is 44.4 Å². The second-order valence-electron chi connectivity index (χ2n) is 5.49. The molecule has 1 atom stereocenters. The minimum absolute atomic E-state index is 0.110. The molecule has 106 valence electrons. The number of hydrogen-bond acceptors (Lipinski definition) is 4. The standard InChI is InChI=1S/C15H18N2O3/c1-9(2-7-14(18)19)16-11-5-6-13-12(8-11)17-15(20-13)10-3-4-10/h5-6,8-10,16H,2-4,7H2,1H3,(H,18,19). The molecular formula is C15H18N2O3. The maximum atomic E-state index is 10.6. The summed E-state index contributed by atoms with van der Waals surface area (Å²) < 4.78 is 5.71. The third-order valence-electron chi connectivity index (χ3n) is 3.53. The van der Waals surface area contributed by atoms with Crippen LogP contribution < -0.4 is 5.32 Å². The molecule has 1 aliphatic rings. The van der Waals surface area contributed by atoms with E-state index in [0.29, 0.717) is 12.3 Å². The summed E-state index contributed by atoms with van der Waals surface area (Å²) in [5.41, 5.74) is 2.63. The average Bonchev–Trinajstić information content (AvgIpc) is 3.16. The van der Waals surface area contributed by atoms with Crippen LogP contribution in [0.2, 0.25) is 0 Å². The summed E-state index contributed by atoms with van der Waals surface area (Å²) in [7, 11) is 0. The zero-order chi connectivity index (χ0) is 14.1. The van der Waals surface area contributed by atoms with Crippen molar-refractivity contribution in [2.75, 3.05) is 5.32 Å². The SMILES string of the molecule is CC(CCC(=O)O)Nc1ccc2oc(C3CC3)nc2c1. The number of benzene rings is 1. The van der Waals surface area contributed by atoms with Crippen molar-refractivity contribution in [2.45, 2.75) is 44.6 Å². The van der Waals surface area contributed by atoms with E-state index >= 15 is 0 Å². The molecule has 0 spiro atoms. The number of hydrogen-bond donors (Lipinski definition) is 2. The van der Waals surface area contributed by atoms with Gasteiger partial charge in [0.2, 0.25) is 0 Å². The van der Waals surface area contributed by atoms with Gasteiger partial charge in [-0.1, -0.05) is 0 Å². The van der Waals surface area contributed by atoms with E-state index in [0.717, 1.165) is 22.7 Å². The van der Waals surface area contributed by atoms with Gasteiger partial charge in [-0.3, -0.25) is 4.79 Å². The highest BCUT2D eigenvalue weighted by atomic mass is 16.4. The number of aromatic nitrogens is 1. The van der Waals surface area contributed by atoms with Crippen molar-refractivity contribution in [2.24, 2.45) is 0 Å². The van der Waals surface area contributed by atoms with Crippen molar-refractivity contribution in [1.82, 2.24) is 4.98 Å². The summed E-state index contributed by atoms with van der Waals surface area (Å²) in [6.07, 6.45) is 3.11. The smallest absolute Gasteiger partial charge is 0.303 e. The van der Waals surface area contributed by atoms with Gasteiger partial charge in [-0.25, -0.2) is 4.98 Å². The van der Waals surface area contributed by atoms with Crippen molar-refractivity contribution >= 4 is 22.8 Å². The van der Waals surface area contributed by atoms with Crippen LogP contribution in [0.25, 0.3) is 11.1 Å². The molecular weight excluding hydrogens is 256 g/mol. The molecule has 1 fully saturated rings. The monoisotopic (exact) mass is 274 g/mol. The number of rotatable bonds is 6. The highest BCUT2D eigenvalue weighted by Gasteiger charge is 2.28. The van der Waals surface area contributed by atoms with E-state index in [4.69, 9.17) is 9.52 Å². The number of fused-ring (bicyclic) bond motifs is 1. The minimum Gasteiger partial charge on any atom is -0.481 e. The van der Waals surface area contributed by atoms with Crippen molar-refractivity contribution in [3.63, 3.8) is 0 Å². The van der Waals surface area contributed by atoms with E-state index in [1.165, 1.54) is 12.8 Å². The molecule has 0 saturated heterocycles. The first kappa shape index (κ1) is 13.0. The molecule has 1 heterocycles. The molecule has 20 heavy (non-hydrogen) atoms. The Balaban J connectivity index is 1.70. The lowest BCUT2D eigenvalue weighted by atomic mass is 10.1. The first-order valence-electron chi connectivity index (χ1n) is 7.00. The van der Waals surface area contributed by atoms with Crippen molar-refractivity contribution in [1.29, 1.82) is 0 Å². The lowest BCUT2D eigenvalue weighted by Crippen LogP contribution is -2.16. The fourth-order valence-corrected chi connectivity index (χ4v) is 2.24. The number of carboxylic acids is 1. The van der Waals surface area contributed by atoms with Gasteiger partial charge in [0, 0.05) is 24.1 Å². The maximum Gasteiger partial charge on any atom is 0.303 e. The summed E-state index contributed by atoms with van der Waals surface area (Å²) in [4.78, 5) is 15.1. The van der Waals surface area contributed by atoms with Crippen molar-refractivity contribution < 1.29 is 14.3 Å². The number of nitrogens with zero attached hydrogens (tertiary/aromatic N) is 1. The zero-order valence-electron chi connectivity index (χ0n) is 11.4. The molecule has 0 amide bonds. The van der Waals surface area contributed by atoms with Crippen molar-refractivity contribution in [3.05, 3.63) is 24.1 Å². The highest BCUT2D eigenvalue weighted by molar-refractivity contribution is 5.77. The van der Waals surface area contributed by atoms with E-state index in [9.17, 15) is 4.79 Å². The van der Waals surface area contributed by atoms with E-state index in [2.05, 4.69) is 10.3 Å². The summed E-state index contributed by atoms with van der Waals surface area (Å²) >= 11 is 0. The van der Waals surface area contributed by atoms with Gasteiger partial charge < -0.3 is 14.8 Å². The van der Waals surface area contributed by atoms with Gasteiger partial charge in [0.05, 0.1) is 0 Å². The quantitative estimate of drug-likeness (QED) is 0.844. The predicted octanol–water partition coefficient (Wildman–Crippen LogP) is 3.37.